The Labute approximate surface area is 133 Å². The van der Waals surface area contributed by atoms with Crippen LogP contribution in [0.3, 0.4) is 0 Å². The fourth-order valence-corrected chi connectivity index (χ4v) is 2.70. The van der Waals surface area contributed by atoms with Crippen LogP contribution in [-0.4, -0.2) is 38.1 Å². The van der Waals surface area contributed by atoms with Gasteiger partial charge >= 0.3 is 25.9 Å². The van der Waals surface area contributed by atoms with E-state index in [1.54, 1.807) is 0 Å². The summed E-state index contributed by atoms with van der Waals surface area (Å²) in [6.07, 6.45) is -6.94. The molecule has 140 valence electrons. The van der Waals surface area contributed by atoms with Gasteiger partial charge in [-0.3, -0.25) is 13.6 Å². The minimum atomic E-state index is -5.24. The first-order chi connectivity index (χ1) is 10.8. The first-order valence-electron chi connectivity index (χ1n) is 6.38. The molecule has 5 nitrogen and oxygen atoms in total. The van der Waals surface area contributed by atoms with Crippen LogP contribution in [0.15, 0.2) is 23.5 Å². The van der Waals surface area contributed by atoms with Crippen LogP contribution >= 0.6 is 7.60 Å². The van der Waals surface area contributed by atoms with Crippen molar-refractivity contribution >= 4 is 13.6 Å². The van der Waals surface area contributed by atoms with Gasteiger partial charge in [-0.05, 0) is 19.9 Å². The van der Waals surface area contributed by atoms with E-state index >= 15 is 0 Å². The first-order valence-corrected chi connectivity index (χ1v) is 7.92. The molecule has 0 aliphatic carbocycles. The van der Waals surface area contributed by atoms with Crippen LogP contribution in [0.4, 0.5) is 26.3 Å². The summed E-state index contributed by atoms with van der Waals surface area (Å²) < 4.78 is 98.4. The van der Waals surface area contributed by atoms with E-state index in [0.29, 0.717) is 6.08 Å². The third-order valence-corrected chi connectivity index (χ3v) is 3.88. The average Bonchev–Trinajstić information content (AvgIpc) is 2.42. The summed E-state index contributed by atoms with van der Waals surface area (Å²) in [5.41, 5.74) is 0. The number of ether oxygens (including phenoxy) is 1. The lowest BCUT2D eigenvalue weighted by molar-refractivity contribution is -0.165. The van der Waals surface area contributed by atoms with Crippen LogP contribution < -0.4 is 0 Å². The van der Waals surface area contributed by atoms with E-state index in [2.05, 4.69) is 13.8 Å². The Morgan fingerprint density at radius 1 is 1.04 bits per heavy atom. The van der Waals surface area contributed by atoms with Gasteiger partial charge in [0.25, 0.3) is 0 Å². The molecule has 0 saturated heterocycles. The quantitative estimate of drug-likeness (QED) is 0.205. The maximum atomic E-state index is 12.4. The number of hydrogen-bond acceptors (Lipinski definition) is 5. The van der Waals surface area contributed by atoms with Gasteiger partial charge in [0.15, 0.2) is 13.2 Å². The summed E-state index contributed by atoms with van der Waals surface area (Å²) in [6, 6.07) is 0. The smallest absolute Gasteiger partial charge is 0.412 e. The molecule has 0 aliphatic rings. The van der Waals surface area contributed by atoms with Gasteiger partial charge in [0.05, 0.1) is 6.61 Å². The number of carbonyl (C=O) groups excluding carboxylic acids is 1. The Morgan fingerprint density at radius 2 is 1.50 bits per heavy atom. The first kappa shape index (κ1) is 22.7. The zero-order chi connectivity index (χ0) is 19.0. The lowest BCUT2D eigenvalue weighted by Gasteiger charge is -2.21. The van der Waals surface area contributed by atoms with Gasteiger partial charge in [-0.15, -0.1) is 0 Å². The van der Waals surface area contributed by atoms with E-state index in [-0.39, 0.29) is 6.61 Å². The highest BCUT2D eigenvalue weighted by Crippen LogP contribution is 2.57. The minimum absolute atomic E-state index is 0.259. The van der Waals surface area contributed by atoms with Crippen LogP contribution in [0, 0.1) is 0 Å². The molecule has 0 radical (unpaired) electrons. The van der Waals surface area contributed by atoms with Crippen molar-refractivity contribution in [3.8, 4) is 0 Å². The van der Waals surface area contributed by atoms with Crippen LogP contribution in [0.2, 0.25) is 0 Å². The van der Waals surface area contributed by atoms with Crippen LogP contribution in [0.1, 0.15) is 13.8 Å². The Balaban J connectivity index is 5.72. The molecular formula is C12H15F6O5P. The van der Waals surface area contributed by atoms with Gasteiger partial charge in [-0.25, -0.2) is 4.79 Å². The predicted octanol–water partition coefficient (Wildman–Crippen LogP) is 4.36. The van der Waals surface area contributed by atoms with Gasteiger partial charge in [-0.1, -0.05) is 12.2 Å². The molecule has 0 heterocycles. The molecule has 0 unspecified atom stereocenters. The van der Waals surface area contributed by atoms with Crippen molar-refractivity contribution in [2.24, 2.45) is 0 Å². The SMILES string of the molecule is C/C=C/C=C(\C(=O)OCC)P(=O)(OCC(F)(F)F)OCC(F)(F)F. The molecule has 0 saturated carbocycles. The third-order valence-electron chi connectivity index (χ3n) is 2.02. The number of hydrogen-bond donors (Lipinski definition) is 0. The van der Waals surface area contributed by atoms with Gasteiger partial charge in [0.2, 0.25) is 0 Å². The van der Waals surface area contributed by atoms with Gasteiger partial charge in [0, 0.05) is 0 Å². The molecule has 0 aromatic rings. The van der Waals surface area contributed by atoms with Crippen LogP contribution in [0.25, 0.3) is 0 Å². The molecule has 12 heteroatoms. The molecule has 0 rings (SSSR count). The summed E-state index contributed by atoms with van der Waals surface area (Å²) in [7, 11) is -5.24. The van der Waals surface area contributed by atoms with E-state index in [0.717, 1.165) is 6.08 Å². The topological polar surface area (TPSA) is 61.8 Å². The van der Waals surface area contributed by atoms with Crippen molar-refractivity contribution < 1.29 is 49.5 Å². The highest BCUT2D eigenvalue weighted by molar-refractivity contribution is 7.59. The number of carbonyl (C=O) groups is 1. The summed E-state index contributed by atoms with van der Waals surface area (Å²) >= 11 is 0. The Hall–Kier alpha value is -1.32. The fraction of sp³-hybridized carbons (Fsp3) is 0.583. The fourth-order valence-electron chi connectivity index (χ4n) is 1.16. The van der Waals surface area contributed by atoms with Crippen LogP contribution in [0.5, 0.6) is 0 Å². The number of esters is 1. The van der Waals surface area contributed by atoms with Gasteiger partial charge < -0.3 is 4.74 Å². The average molecular weight is 384 g/mol. The summed E-state index contributed by atoms with van der Waals surface area (Å²) in [6.45, 7) is -1.82. The number of allylic oxidation sites excluding steroid dienone is 3. The van der Waals surface area contributed by atoms with Crippen molar-refractivity contribution in [3.63, 3.8) is 0 Å². The van der Waals surface area contributed by atoms with Gasteiger partial charge in [-0.2, -0.15) is 26.3 Å². The minimum Gasteiger partial charge on any atom is -0.462 e. The number of alkyl halides is 6. The largest absolute Gasteiger partial charge is 0.462 e. The second-order valence-electron chi connectivity index (χ2n) is 4.07. The van der Waals surface area contributed by atoms with Gasteiger partial charge in [0.1, 0.15) is 5.31 Å². The maximum absolute atomic E-state index is 12.4. The molecule has 0 aromatic carbocycles. The molecule has 0 bridgehead atoms. The van der Waals surface area contributed by atoms with Crippen molar-refractivity contribution in [1.82, 2.24) is 0 Å². The summed E-state index contributed by atoms with van der Waals surface area (Å²) in [5, 5.41) is -1.07. The third kappa shape index (κ3) is 9.09. The zero-order valence-electron chi connectivity index (χ0n) is 12.6. The highest BCUT2D eigenvalue weighted by atomic mass is 31.2. The molecule has 0 amide bonds. The lowest BCUT2D eigenvalue weighted by Crippen LogP contribution is -2.22. The second-order valence-corrected chi connectivity index (χ2v) is 6.07. The molecule has 0 fully saturated rings. The monoisotopic (exact) mass is 384 g/mol. The standard InChI is InChI=1S/C12H15F6O5P/c1-3-5-6-9(10(19)21-4-2)24(20,22-7-11(13,14)15)23-8-12(16,17)18/h3,5-6H,4,7-8H2,1-2H3/b5-3+,9-6+. The number of halogens is 6. The molecule has 24 heavy (non-hydrogen) atoms. The normalized spacial score (nSPS) is 14.2. The molecular weight excluding hydrogens is 369 g/mol. The maximum Gasteiger partial charge on any atom is 0.412 e. The van der Waals surface area contributed by atoms with Crippen LogP contribution in [-0.2, 0) is 23.1 Å². The lowest BCUT2D eigenvalue weighted by atomic mass is 10.4. The van der Waals surface area contributed by atoms with E-state index < -0.39 is 44.4 Å². The van der Waals surface area contributed by atoms with Crippen molar-refractivity contribution in [3.05, 3.63) is 23.5 Å². The molecule has 0 N–H and O–H groups in total. The summed E-state index contributed by atoms with van der Waals surface area (Å²) in [5.74, 6) is -1.41. The second kappa shape index (κ2) is 9.24. The Bertz CT molecular complexity index is 501. The predicted molar refractivity (Wildman–Crippen MR) is 71.2 cm³/mol. The van der Waals surface area contributed by atoms with E-state index in [1.165, 1.54) is 19.9 Å². The molecule has 0 aliphatic heterocycles. The number of rotatable bonds is 8. The van der Waals surface area contributed by atoms with E-state index in [1.807, 2.05) is 0 Å². The molecule has 0 atom stereocenters. The zero-order valence-corrected chi connectivity index (χ0v) is 13.5. The van der Waals surface area contributed by atoms with E-state index in [9.17, 15) is 35.7 Å². The highest BCUT2D eigenvalue weighted by Gasteiger charge is 2.43. The van der Waals surface area contributed by atoms with Crippen molar-refractivity contribution in [2.75, 3.05) is 19.8 Å². The molecule has 0 spiro atoms. The molecule has 0 aromatic heterocycles. The Morgan fingerprint density at radius 3 is 1.83 bits per heavy atom. The van der Waals surface area contributed by atoms with E-state index in [4.69, 9.17) is 0 Å². The van der Waals surface area contributed by atoms with Crippen molar-refractivity contribution in [1.29, 1.82) is 0 Å². The Kier molecular flexibility index (Phi) is 8.73. The van der Waals surface area contributed by atoms with Crippen molar-refractivity contribution in [2.45, 2.75) is 26.2 Å². The summed E-state index contributed by atoms with van der Waals surface area (Å²) in [4.78, 5) is 11.7.